The Labute approximate surface area is 228 Å². The molecule has 0 aliphatic carbocycles. The van der Waals surface area contributed by atoms with Crippen molar-refractivity contribution in [3.63, 3.8) is 0 Å². The largest absolute Gasteiger partial charge is 0.494 e. The third-order valence-electron chi connectivity index (χ3n) is 7.19. The van der Waals surface area contributed by atoms with E-state index in [1.54, 1.807) is 12.1 Å². The molecule has 0 amide bonds. The van der Waals surface area contributed by atoms with Crippen molar-refractivity contribution in [3.05, 3.63) is 83.0 Å². The topological polar surface area (TPSA) is 84.5 Å². The lowest BCUT2D eigenvalue weighted by Gasteiger charge is -2.40. The molecule has 1 saturated heterocycles. The van der Waals surface area contributed by atoms with E-state index in [9.17, 15) is 18.3 Å². The predicted octanol–water partition coefficient (Wildman–Crippen LogP) is 6.36. The average Bonchev–Trinajstić information content (AvgIpc) is 3.38. The number of likely N-dealkylation sites (tertiary alicyclic amines) is 1. The first-order chi connectivity index (χ1) is 18.5. The fraction of sp³-hybridized carbons (Fsp3) is 0.310. The number of piperidine rings is 1. The smallest absolute Gasteiger partial charge is 0.433 e. The van der Waals surface area contributed by atoms with Crippen LogP contribution in [-0.2, 0) is 11.8 Å². The molecular weight excluding hydrogens is 525 g/mol. The number of aliphatic hydroxyl groups is 1. The lowest BCUT2D eigenvalue weighted by atomic mass is 9.84. The van der Waals surface area contributed by atoms with Crippen LogP contribution in [0, 0.1) is 0 Å². The number of pyridine rings is 1. The van der Waals surface area contributed by atoms with Crippen LogP contribution in [-0.4, -0.2) is 40.2 Å². The summed E-state index contributed by atoms with van der Waals surface area (Å²) in [5.41, 5.74) is 7.49. The van der Waals surface area contributed by atoms with Crippen LogP contribution in [0.5, 0.6) is 5.75 Å². The van der Waals surface area contributed by atoms with E-state index in [1.165, 1.54) is 24.5 Å². The number of nitrogens with zero attached hydrogens (tertiary/aromatic N) is 3. The van der Waals surface area contributed by atoms with E-state index < -0.39 is 23.5 Å². The highest BCUT2D eigenvalue weighted by molar-refractivity contribution is 7.16. The first kappa shape index (κ1) is 27.1. The summed E-state index contributed by atoms with van der Waals surface area (Å²) in [6.07, 6.45) is -3.48. The molecule has 0 bridgehead atoms. The number of alkyl halides is 3. The van der Waals surface area contributed by atoms with Crippen molar-refractivity contribution in [2.75, 3.05) is 20.2 Å². The minimum atomic E-state index is -4.58. The number of benzene rings is 2. The number of thiazole rings is 1. The number of hydrogen-bond acceptors (Lipinski definition) is 7. The Bertz CT molecular complexity index is 1510. The highest BCUT2D eigenvalue weighted by atomic mass is 32.1. The second kappa shape index (κ2) is 10.3. The molecule has 1 unspecified atom stereocenters. The average molecular weight is 555 g/mol. The molecule has 0 saturated carbocycles. The minimum absolute atomic E-state index is 0.110. The van der Waals surface area contributed by atoms with Crippen LogP contribution in [0.1, 0.15) is 47.6 Å². The molecule has 1 atom stereocenters. The Morgan fingerprint density at radius 2 is 1.79 bits per heavy atom. The molecule has 1 aliphatic heterocycles. The summed E-state index contributed by atoms with van der Waals surface area (Å²) >= 11 is 1.39. The normalized spacial score (nSPS) is 16.3. The molecule has 204 valence electrons. The van der Waals surface area contributed by atoms with Gasteiger partial charge in [-0.05, 0) is 49.6 Å². The van der Waals surface area contributed by atoms with Crippen molar-refractivity contribution in [2.45, 2.75) is 37.6 Å². The van der Waals surface area contributed by atoms with Gasteiger partial charge in [-0.25, -0.2) is 9.97 Å². The molecule has 3 heterocycles. The van der Waals surface area contributed by atoms with Gasteiger partial charge in [-0.2, -0.15) is 13.2 Å². The molecule has 6 nitrogen and oxygen atoms in total. The number of nitrogens with two attached hydrogens (primary N) is 1. The summed E-state index contributed by atoms with van der Waals surface area (Å²) < 4.78 is 45.4. The zero-order valence-electron chi connectivity index (χ0n) is 21.6. The maximum absolute atomic E-state index is 13.4. The number of methoxy groups -OCH3 is 1. The fourth-order valence-corrected chi connectivity index (χ4v) is 6.20. The number of fused-ring (bicyclic) bond motifs is 1. The summed E-state index contributed by atoms with van der Waals surface area (Å²) in [6.45, 7) is 7.39. The second-order valence-corrected chi connectivity index (χ2v) is 10.8. The van der Waals surface area contributed by atoms with Crippen LogP contribution in [0.3, 0.4) is 0 Å². The van der Waals surface area contributed by atoms with Crippen LogP contribution < -0.4 is 10.5 Å². The van der Waals surface area contributed by atoms with Crippen LogP contribution in [0.4, 0.5) is 13.2 Å². The fourth-order valence-electron chi connectivity index (χ4n) is 4.99. The molecule has 0 spiro atoms. The Morgan fingerprint density at radius 3 is 2.41 bits per heavy atom. The highest BCUT2D eigenvalue weighted by Gasteiger charge is 2.36. The van der Waals surface area contributed by atoms with Crippen molar-refractivity contribution < 1.29 is 23.0 Å². The van der Waals surface area contributed by atoms with Crippen LogP contribution in [0.15, 0.2) is 61.2 Å². The van der Waals surface area contributed by atoms with Gasteiger partial charge in [-0.1, -0.05) is 36.9 Å². The van der Waals surface area contributed by atoms with E-state index in [0.717, 1.165) is 22.2 Å². The quantitative estimate of drug-likeness (QED) is 0.289. The lowest BCUT2D eigenvalue weighted by molar-refractivity contribution is -0.140. The molecule has 0 radical (unpaired) electrons. The van der Waals surface area contributed by atoms with Gasteiger partial charge in [-0.15, -0.1) is 11.3 Å². The van der Waals surface area contributed by atoms with E-state index >= 15 is 0 Å². The monoisotopic (exact) mass is 554 g/mol. The summed E-state index contributed by atoms with van der Waals surface area (Å²) in [4.78, 5) is 11.6. The van der Waals surface area contributed by atoms with E-state index in [2.05, 4.69) is 16.5 Å². The zero-order valence-corrected chi connectivity index (χ0v) is 22.4. The molecule has 3 N–H and O–H groups in total. The Balaban J connectivity index is 1.49. The number of ether oxygens (including phenoxy) is 1. The molecule has 1 aliphatic rings. The number of rotatable bonds is 6. The maximum Gasteiger partial charge on any atom is 0.433 e. The van der Waals surface area contributed by atoms with Gasteiger partial charge >= 0.3 is 6.18 Å². The predicted molar refractivity (Wildman–Crippen MR) is 147 cm³/mol. The van der Waals surface area contributed by atoms with Gasteiger partial charge in [0.25, 0.3) is 0 Å². The minimum Gasteiger partial charge on any atom is -0.494 e. The van der Waals surface area contributed by atoms with E-state index in [0.29, 0.717) is 47.6 Å². The van der Waals surface area contributed by atoms with E-state index in [1.807, 2.05) is 37.3 Å². The molecule has 4 aromatic rings. The van der Waals surface area contributed by atoms with Crippen molar-refractivity contribution in [3.8, 4) is 16.3 Å². The van der Waals surface area contributed by atoms with E-state index in [-0.39, 0.29) is 11.3 Å². The molecular formula is C29H29F3N4O2S. The van der Waals surface area contributed by atoms with Gasteiger partial charge in [0.2, 0.25) is 0 Å². The molecule has 5 rings (SSSR count). The first-order valence-corrected chi connectivity index (χ1v) is 13.4. The summed E-state index contributed by atoms with van der Waals surface area (Å²) in [5, 5.41) is 12.3. The van der Waals surface area contributed by atoms with Crippen LogP contribution >= 0.6 is 11.3 Å². The number of aromatic nitrogens is 2. The second-order valence-electron chi connectivity index (χ2n) is 9.76. The van der Waals surface area contributed by atoms with Gasteiger partial charge in [0.05, 0.1) is 23.3 Å². The van der Waals surface area contributed by atoms with Gasteiger partial charge in [0.15, 0.2) is 0 Å². The summed E-state index contributed by atoms with van der Waals surface area (Å²) in [6, 6.07) is 15.0. The molecule has 2 aromatic heterocycles. The third kappa shape index (κ3) is 5.11. The highest BCUT2D eigenvalue weighted by Crippen LogP contribution is 2.42. The molecule has 1 fully saturated rings. The van der Waals surface area contributed by atoms with Crippen molar-refractivity contribution in [1.29, 1.82) is 0 Å². The molecule has 10 heteroatoms. The van der Waals surface area contributed by atoms with Crippen LogP contribution in [0.2, 0.25) is 0 Å². The molecule has 2 aromatic carbocycles. The summed E-state index contributed by atoms with van der Waals surface area (Å²) in [7, 11) is 1.40. The van der Waals surface area contributed by atoms with Crippen molar-refractivity contribution >= 4 is 27.9 Å². The zero-order chi connectivity index (χ0) is 27.9. The number of hydrogen-bond donors (Lipinski definition) is 2. The van der Waals surface area contributed by atoms with Crippen molar-refractivity contribution in [2.24, 2.45) is 5.73 Å². The summed E-state index contributed by atoms with van der Waals surface area (Å²) in [5.74, 6) is 0.243. The van der Waals surface area contributed by atoms with E-state index in [4.69, 9.17) is 15.5 Å². The van der Waals surface area contributed by atoms with Crippen molar-refractivity contribution in [1.82, 2.24) is 14.9 Å². The van der Waals surface area contributed by atoms with Gasteiger partial charge in [0, 0.05) is 35.8 Å². The van der Waals surface area contributed by atoms with Gasteiger partial charge in [-0.3, -0.25) is 0 Å². The Hall–Kier alpha value is -3.47. The van der Waals surface area contributed by atoms with Gasteiger partial charge < -0.3 is 20.5 Å². The van der Waals surface area contributed by atoms with Crippen LogP contribution in [0.25, 0.3) is 27.2 Å². The third-order valence-corrected chi connectivity index (χ3v) is 8.34. The number of halogens is 3. The van der Waals surface area contributed by atoms with Gasteiger partial charge in [0.1, 0.15) is 22.0 Å². The first-order valence-electron chi connectivity index (χ1n) is 12.6. The SMILES string of the molecule is C=C(c1sc(-c2ccc(OC)c3nc(C(F)(F)F)ccc23)nc1C(C)N)N1CCC(O)(c2ccccc2)CC1. The standard InChI is InChI=1S/C29H29F3N4O2S/c1-17(33)24-26(18(2)36-15-13-28(37,14-16-36)19-7-5-4-6-8-19)39-27(35-24)21-9-11-22(38-3)25-20(21)10-12-23(34-25)29(30,31)32/h4-12,17,37H,2,13-16,33H2,1,3H3. The lowest BCUT2D eigenvalue weighted by Crippen LogP contribution is -2.41. The Kier molecular flexibility index (Phi) is 7.13. The maximum atomic E-state index is 13.4. The molecule has 39 heavy (non-hydrogen) atoms. The Morgan fingerprint density at radius 1 is 1.10 bits per heavy atom.